The largest absolute Gasteiger partial charge is 0.504 e. The summed E-state index contributed by atoms with van der Waals surface area (Å²) in [6.07, 6.45) is 2.23. The molecular formula is C12H18O2. The zero-order valence-corrected chi connectivity index (χ0v) is 8.86. The Bertz CT molecular complexity index is 267. The highest BCUT2D eigenvalue weighted by molar-refractivity contribution is 5.37. The van der Waals surface area contributed by atoms with E-state index in [9.17, 15) is 5.11 Å². The van der Waals surface area contributed by atoms with Crippen LogP contribution < -0.4 is 4.74 Å². The molecule has 0 aliphatic heterocycles. The molecule has 2 nitrogen and oxygen atoms in total. The lowest BCUT2D eigenvalue weighted by Gasteiger charge is -2.14. The van der Waals surface area contributed by atoms with Gasteiger partial charge in [-0.1, -0.05) is 38.8 Å². The molecule has 1 aromatic carbocycles. The first kappa shape index (κ1) is 10.9. The van der Waals surface area contributed by atoms with E-state index in [0.29, 0.717) is 18.3 Å². The normalized spacial score (nSPS) is 10.5. The van der Waals surface area contributed by atoms with Crippen molar-refractivity contribution in [2.45, 2.75) is 26.7 Å². The lowest BCUT2D eigenvalue weighted by Crippen LogP contribution is -2.09. The molecule has 0 bridgehead atoms. The zero-order chi connectivity index (χ0) is 10.4. The minimum atomic E-state index is 0.221. The predicted octanol–water partition coefficient (Wildman–Crippen LogP) is 3.21. The molecular weight excluding hydrogens is 176 g/mol. The maximum absolute atomic E-state index is 9.44. The molecule has 14 heavy (non-hydrogen) atoms. The summed E-state index contributed by atoms with van der Waals surface area (Å²) in [6.45, 7) is 5.00. The van der Waals surface area contributed by atoms with E-state index in [1.807, 2.05) is 6.07 Å². The molecule has 1 rings (SSSR count). The molecule has 1 aromatic rings. The number of para-hydroxylation sites is 2. The third kappa shape index (κ3) is 2.95. The van der Waals surface area contributed by atoms with Gasteiger partial charge in [0.2, 0.25) is 0 Å². The molecule has 0 aliphatic carbocycles. The van der Waals surface area contributed by atoms with Gasteiger partial charge in [-0.15, -0.1) is 0 Å². The van der Waals surface area contributed by atoms with Crippen molar-refractivity contribution in [3.8, 4) is 11.5 Å². The summed E-state index contributed by atoms with van der Waals surface area (Å²) in [4.78, 5) is 0. The summed E-state index contributed by atoms with van der Waals surface area (Å²) in [5, 5.41) is 9.44. The fourth-order valence-corrected chi connectivity index (χ4v) is 1.31. The molecule has 0 unspecified atom stereocenters. The highest BCUT2D eigenvalue weighted by Crippen LogP contribution is 2.25. The summed E-state index contributed by atoms with van der Waals surface area (Å²) < 4.78 is 5.53. The SMILES string of the molecule is CCC(CC)COc1ccccc1O. The first-order chi connectivity index (χ1) is 6.77. The Morgan fingerprint density at radius 2 is 1.86 bits per heavy atom. The average molecular weight is 194 g/mol. The molecule has 0 aliphatic rings. The Hall–Kier alpha value is -1.18. The molecule has 0 saturated heterocycles. The monoisotopic (exact) mass is 194 g/mol. The lowest BCUT2D eigenvalue weighted by atomic mass is 10.1. The van der Waals surface area contributed by atoms with Gasteiger partial charge in [-0.3, -0.25) is 0 Å². The van der Waals surface area contributed by atoms with Crippen LogP contribution in [0.1, 0.15) is 26.7 Å². The van der Waals surface area contributed by atoms with E-state index in [0.717, 1.165) is 12.8 Å². The Balaban J connectivity index is 2.49. The minimum absolute atomic E-state index is 0.221. The topological polar surface area (TPSA) is 29.5 Å². The second-order valence-electron chi connectivity index (χ2n) is 3.46. The van der Waals surface area contributed by atoms with E-state index in [-0.39, 0.29) is 5.75 Å². The smallest absolute Gasteiger partial charge is 0.160 e. The Morgan fingerprint density at radius 1 is 1.21 bits per heavy atom. The van der Waals surface area contributed by atoms with Crippen LogP contribution in [0.5, 0.6) is 11.5 Å². The summed E-state index contributed by atoms with van der Waals surface area (Å²) in [6, 6.07) is 7.08. The van der Waals surface area contributed by atoms with E-state index in [1.54, 1.807) is 18.2 Å². The first-order valence-corrected chi connectivity index (χ1v) is 5.18. The van der Waals surface area contributed by atoms with E-state index in [4.69, 9.17) is 4.74 Å². The maximum atomic E-state index is 9.44. The van der Waals surface area contributed by atoms with Crippen LogP contribution in [0.15, 0.2) is 24.3 Å². The van der Waals surface area contributed by atoms with Crippen molar-refractivity contribution in [2.75, 3.05) is 6.61 Å². The maximum Gasteiger partial charge on any atom is 0.160 e. The van der Waals surface area contributed by atoms with Crippen molar-refractivity contribution < 1.29 is 9.84 Å². The quantitative estimate of drug-likeness (QED) is 0.780. The Labute approximate surface area is 85.5 Å². The summed E-state index contributed by atoms with van der Waals surface area (Å²) >= 11 is 0. The third-order valence-corrected chi connectivity index (χ3v) is 2.49. The van der Waals surface area contributed by atoms with Gasteiger partial charge in [0.1, 0.15) is 0 Å². The fourth-order valence-electron chi connectivity index (χ4n) is 1.31. The van der Waals surface area contributed by atoms with Crippen LogP contribution in [0.3, 0.4) is 0 Å². The molecule has 1 N–H and O–H groups in total. The van der Waals surface area contributed by atoms with Crippen LogP contribution in [-0.4, -0.2) is 11.7 Å². The minimum Gasteiger partial charge on any atom is -0.504 e. The standard InChI is InChI=1S/C12H18O2/c1-3-10(4-2)9-14-12-8-6-5-7-11(12)13/h5-8,10,13H,3-4,9H2,1-2H3. The lowest BCUT2D eigenvalue weighted by molar-refractivity contribution is 0.232. The van der Waals surface area contributed by atoms with Crippen LogP contribution >= 0.6 is 0 Å². The highest BCUT2D eigenvalue weighted by atomic mass is 16.5. The summed E-state index contributed by atoms with van der Waals surface area (Å²) in [5.41, 5.74) is 0. The number of rotatable bonds is 5. The molecule has 0 radical (unpaired) electrons. The van der Waals surface area contributed by atoms with E-state index < -0.39 is 0 Å². The molecule has 2 heteroatoms. The zero-order valence-electron chi connectivity index (χ0n) is 8.86. The van der Waals surface area contributed by atoms with Crippen LogP contribution in [0, 0.1) is 5.92 Å². The molecule has 0 atom stereocenters. The average Bonchev–Trinajstić information content (AvgIpc) is 2.22. The number of hydrogen-bond donors (Lipinski definition) is 1. The van der Waals surface area contributed by atoms with Crippen LogP contribution in [-0.2, 0) is 0 Å². The van der Waals surface area contributed by atoms with Crippen molar-refractivity contribution in [1.82, 2.24) is 0 Å². The molecule has 0 fully saturated rings. The molecule has 0 amide bonds. The van der Waals surface area contributed by atoms with Crippen molar-refractivity contribution in [1.29, 1.82) is 0 Å². The van der Waals surface area contributed by atoms with Gasteiger partial charge < -0.3 is 9.84 Å². The second kappa shape index (κ2) is 5.53. The van der Waals surface area contributed by atoms with Crippen molar-refractivity contribution in [2.24, 2.45) is 5.92 Å². The number of phenolic OH excluding ortho intramolecular Hbond substituents is 1. The van der Waals surface area contributed by atoms with Gasteiger partial charge in [-0.2, -0.15) is 0 Å². The van der Waals surface area contributed by atoms with Gasteiger partial charge in [0.25, 0.3) is 0 Å². The Kier molecular flexibility index (Phi) is 4.30. The first-order valence-electron chi connectivity index (χ1n) is 5.18. The Morgan fingerprint density at radius 3 is 2.43 bits per heavy atom. The number of hydrogen-bond acceptors (Lipinski definition) is 2. The van der Waals surface area contributed by atoms with Gasteiger partial charge >= 0.3 is 0 Å². The predicted molar refractivity (Wildman–Crippen MR) is 57.7 cm³/mol. The van der Waals surface area contributed by atoms with Crippen LogP contribution in [0.2, 0.25) is 0 Å². The summed E-state index contributed by atoms with van der Waals surface area (Å²) in [7, 11) is 0. The van der Waals surface area contributed by atoms with Gasteiger partial charge in [0.05, 0.1) is 6.61 Å². The number of phenols is 1. The number of benzene rings is 1. The summed E-state index contributed by atoms with van der Waals surface area (Å²) in [5.74, 6) is 1.38. The molecule has 0 aromatic heterocycles. The van der Waals surface area contributed by atoms with Crippen molar-refractivity contribution >= 4 is 0 Å². The van der Waals surface area contributed by atoms with Gasteiger partial charge in [0, 0.05) is 0 Å². The highest BCUT2D eigenvalue weighted by Gasteiger charge is 2.06. The molecule has 0 heterocycles. The van der Waals surface area contributed by atoms with E-state index in [1.165, 1.54) is 0 Å². The van der Waals surface area contributed by atoms with Gasteiger partial charge in [0.15, 0.2) is 11.5 Å². The number of aromatic hydroxyl groups is 1. The van der Waals surface area contributed by atoms with Gasteiger partial charge in [-0.05, 0) is 18.1 Å². The van der Waals surface area contributed by atoms with Gasteiger partial charge in [-0.25, -0.2) is 0 Å². The van der Waals surface area contributed by atoms with Crippen molar-refractivity contribution in [3.63, 3.8) is 0 Å². The van der Waals surface area contributed by atoms with Crippen LogP contribution in [0.25, 0.3) is 0 Å². The van der Waals surface area contributed by atoms with E-state index in [2.05, 4.69) is 13.8 Å². The van der Waals surface area contributed by atoms with Crippen molar-refractivity contribution in [3.05, 3.63) is 24.3 Å². The molecule has 0 spiro atoms. The molecule has 78 valence electrons. The van der Waals surface area contributed by atoms with Crippen LogP contribution in [0.4, 0.5) is 0 Å². The fraction of sp³-hybridized carbons (Fsp3) is 0.500. The third-order valence-electron chi connectivity index (χ3n) is 2.49. The second-order valence-corrected chi connectivity index (χ2v) is 3.46. The number of ether oxygens (including phenoxy) is 1. The van der Waals surface area contributed by atoms with E-state index >= 15 is 0 Å². The molecule has 0 saturated carbocycles.